The van der Waals surface area contributed by atoms with Gasteiger partial charge in [-0.3, -0.25) is 4.79 Å². The lowest BCUT2D eigenvalue weighted by Gasteiger charge is -2.04. The monoisotopic (exact) mass is 338 g/mol. The second-order valence-corrected chi connectivity index (χ2v) is 5.48. The molecule has 0 saturated carbocycles. The van der Waals surface area contributed by atoms with E-state index in [1.165, 1.54) is 0 Å². The number of hydrogen-bond donors (Lipinski definition) is 0. The summed E-state index contributed by atoms with van der Waals surface area (Å²) in [6.45, 7) is 3.57. The zero-order valence-corrected chi connectivity index (χ0v) is 14.9. The quantitative estimate of drug-likeness (QED) is 0.458. The summed E-state index contributed by atoms with van der Waals surface area (Å²) in [6, 6.07) is 14.7. The van der Waals surface area contributed by atoms with E-state index in [9.17, 15) is 4.79 Å². The van der Waals surface area contributed by atoms with Crippen molar-refractivity contribution in [2.24, 2.45) is 9.98 Å². The summed E-state index contributed by atoms with van der Waals surface area (Å²) in [5.74, 6) is 1.23. The Hall–Kier alpha value is -2.95. The van der Waals surface area contributed by atoms with Crippen molar-refractivity contribution in [2.75, 3.05) is 14.2 Å². The van der Waals surface area contributed by atoms with Crippen molar-refractivity contribution in [1.29, 1.82) is 0 Å². The molecule has 0 aliphatic carbocycles. The van der Waals surface area contributed by atoms with E-state index in [1.807, 2.05) is 24.3 Å². The predicted octanol–water partition coefficient (Wildman–Crippen LogP) is 4.50. The van der Waals surface area contributed by atoms with Crippen molar-refractivity contribution < 1.29 is 14.3 Å². The maximum atomic E-state index is 12.4. The van der Waals surface area contributed by atoms with Gasteiger partial charge >= 0.3 is 0 Å². The number of nitrogens with zero attached hydrogens (tertiary/aromatic N) is 2. The molecule has 0 N–H and O–H groups in total. The first-order valence-electron chi connectivity index (χ1n) is 7.92. The Kier molecular flexibility index (Phi) is 6.46. The van der Waals surface area contributed by atoms with E-state index in [2.05, 4.69) is 9.98 Å². The lowest BCUT2D eigenvalue weighted by Crippen LogP contribution is -2.03. The average Bonchev–Trinajstić information content (AvgIpc) is 2.63. The molecule has 0 unspecified atom stereocenters. The topological polar surface area (TPSA) is 60.2 Å². The molecule has 2 aromatic rings. The van der Waals surface area contributed by atoms with Gasteiger partial charge < -0.3 is 9.47 Å². The first kappa shape index (κ1) is 18.4. The van der Waals surface area contributed by atoms with Crippen molar-refractivity contribution in [2.45, 2.75) is 20.3 Å². The molecule has 0 atom stereocenters. The van der Waals surface area contributed by atoms with Gasteiger partial charge in [0, 0.05) is 25.8 Å². The van der Waals surface area contributed by atoms with Crippen molar-refractivity contribution in [3.63, 3.8) is 0 Å². The van der Waals surface area contributed by atoms with Crippen LogP contribution in [0.2, 0.25) is 0 Å². The first-order chi connectivity index (χ1) is 12.0. The fraction of sp³-hybridized carbons (Fsp3) is 0.250. The van der Waals surface area contributed by atoms with Gasteiger partial charge in [-0.25, -0.2) is 9.98 Å². The number of hydrogen-bond acceptors (Lipinski definition) is 5. The van der Waals surface area contributed by atoms with Crippen LogP contribution in [0.4, 0.5) is 11.4 Å². The van der Waals surface area contributed by atoms with Crippen LogP contribution >= 0.6 is 0 Å². The molecular weight excluding hydrogens is 316 g/mol. The lowest BCUT2D eigenvalue weighted by molar-refractivity contribution is 0.0993. The van der Waals surface area contributed by atoms with Crippen molar-refractivity contribution >= 4 is 29.0 Å². The molecule has 0 saturated heterocycles. The summed E-state index contributed by atoms with van der Waals surface area (Å²) >= 11 is 0. The third-order valence-electron chi connectivity index (χ3n) is 3.65. The van der Waals surface area contributed by atoms with Crippen LogP contribution in [0.15, 0.2) is 58.5 Å². The molecule has 0 fully saturated rings. The number of ketones is 1. The number of methoxy groups -OCH3 is 2. The van der Waals surface area contributed by atoms with Crippen LogP contribution in [0.1, 0.15) is 29.8 Å². The minimum Gasteiger partial charge on any atom is -0.484 e. The van der Waals surface area contributed by atoms with Gasteiger partial charge in [0.2, 0.25) is 0 Å². The van der Waals surface area contributed by atoms with Crippen LogP contribution in [-0.4, -0.2) is 31.8 Å². The normalized spacial score (nSPS) is 12.0. The molecule has 2 aromatic carbocycles. The maximum absolute atomic E-state index is 12.4. The van der Waals surface area contributed by atoms with Gasteiger partial charge in [0.25, 0.3) is 0 Å². The Labute approximate surface area is 148 Å². The summed E-state index contributed by atoms with van der Waals surface area (Å²) in [6.07, 6.45) is 0.340. The van der Waals surface area contributed by atoms with Crippen LogP contribution < -0.4 is 0 Å². The molecule has 0 aliphatic heterocycles. The number of aliphatic imine (C=N–C) groups is 2. The van der Waals surface area contributed by atoms with Crippen LogP contribution in [-0.2, 0) is 15.9 Å². The third kappa shape index (κ3) is 5.57. The van der Waals surface area contributed by atoms with Crippen LogP contribution in [0.25, 0.3) is 0 Å². The molecule has 0 bridgehead atoms. The van der Waals surface area contributed by atoms with E-state index >= 15 is 0 Å². The average molecular weight is 338 g/mol. The van der Waals surface area contributed by atoms with Gasteiger partial charge in [0.1, 0.15) is 0 Å². The number of Topliss-reactive ketones (excluding diaryl/α,β-unsaturated/α-hetero) is 1. The molecule has 25 heavy (non-hydrogen) atoms. The molecule has 5 heteroatoms. The van der Waals surface area contributed by atoms with Gasteiger partial charge in [-0.05, 0) is 42.0 Å². The maximum Gasteiger partial charge on any atom is 0.184 e. The van der Waals surface area contributed by atoms with E-state index in [-0.39, 0.29) is 5.78 Å². The molecule has 2 rings (SSSR count). The zero-order chi connectivity index (χ0) is 18.2. The number of benzene rings is 2. The number of ether oxygens (including phenoxy) is 2. The Bertz CT molecular complexity index is 776. The lowest BCUT2D eigenvalue weighted by atomic mass is 10.0. The molecule has 130 valence electrons. The summed E-state index contributed by atoms with van der Waals surface area (Å²) in [7, 11) is 3.16. The van der Waals surface area contributed by atoms with Crippen LogP contribution in [0.5, 0.6) is 0 Å². The number of carbonyl (C=O) groups excluding carboxylic acids is 1. The standard InChI is InChI=1S/C20H22N2O3/c1-14(24-3)21-18-9-5-16(6-10-18)13-20(23)17-7-11-19(12-8-17)22-15(2)25-4/h5-12H,13H2,1-4H3. The molecule has 0 aliphatic rings. The van der Waals surface area contributed by atoms with Crippen molar-refractivity contribution in [1.82, 2.24) is 0 Å². The SMILES string of the molecule is COC(C)=Nc1ccc(CC(=O)c2ccc(N=C(C)OC)cc2)cc1. The fourth-order valence-corrected chi connectivity index (χ4v) is 2.15. The van der Waals surface area contributed by atoms with Crippen LogP contribution in [0.3, 0.4) is 0 Å². The Morgan fingerprint density at radius 1 is 0.800 bits per heavy atom. The molecule has 5 nitrogen and oxygen atoms in total. The van der Waals surface area contributed by atoms with Gasteiger partial charge in [-0.2, -0.15) is 0 Å². The Morgan fingerprint density at radius 2 is 1.24 bits per heavy atom. The van der Waals surface area contributed by atoms with Gasteiger partial charge in [0.15, 0.2) is 17.6 Å². The van der Waals surface area contributed by atoms with Crippen LogP contribution in [0, 0.1) is 0 Å². The van der Waals surface area contributed by atoms with E-state index < -0.39 is 0 Å². The molecule has 0 spiro atoms. The first-order valence-corrected chi connectivity index (χ1v) is 7.92. The van der Waals surface area contributed by atoms with E-state index in [0.717, 1.165) is 16.9 Å². The highest BCUT2D eigenvalue weighted by Gasteiger charge is 2.07. The minimum absolute atomic E-state index is 0.0586. The van der Waals surface area contributed by atoms with Gasteiger partial charge in [-0.15, -0.1) is 0 Å². The highest BCUT2D eigenvalue weighted by Crippen LogP contribution is 2.17. The predicted molar refractivity (Wildman–Crippen MR) is 100 cm³/mol. The number of carbonyl (C=O) groups is 1. The Morgan fingerprint density at radius 3 is 1.68 bits per heavy atom. The highest BCUT2D eigenvalue weighted by molar-refractivity contribution is 5.97. The zero-order valence-electron chi connectivity index (χ0n) is 14.9. The summed E-state index contributed by atoms with van der Waals surface area (Å²) in [5, 5.41) is 0. The second kappa shape index (κ2) is 8.78. The molecule has 0 aromatic heterocycles. The summed E-state index contributed by atoms with van der Waals surface area (Å²) < 4.78 is 10.0. The fourth-order valence-electron chi connectivity index (χ4n) is 2.15. The summed E-state index contributed by atoms with van der Waals surface area (Å²) in [4.78, 5) is 21.0. The van der Waals surface area contributed by atoms with E-state index in [0.29, 0.717) is 23.8 Å². The minimum atomic E-state index is 0.0586. The smallest absolute Gasteiger partial charge is 0.184 e. The molecular formula is C20H22N2O3. The van der Waals surface area contributed by atoms with E-state index in [4.69, 9.17) is 9.47 Å². The second-order valence-electron chi connectivity index (χ2n) is 5.48. The molecule has 0 amide bonds. The molecule has 0 radical (unpaired) electrons. The van der Waals surface area contributed by atoms with E-state index in [1.54, 1.807) is 52.3 Å². The van der Waals surface area contributed by atoms with Crippen molar-refractivity contribution in [3.05, 3.63) is 59.7 Å². The largest absolute Gasteiger partial charge is 0.484 e. The highest BCUT2D eigenvalue weighted by atomic mass is 16.5. The Balaban J connectivity index is 2.04. The third-order valence-corrected chi connectivity index (χ3v) is 3.65. The number of rotatable bonds is 5. The summed E-state index contributed by atoms with van der Waals surface area (Å²) in [5.41, 5.74) is 3.15. The van der Waals surface area contributed by atoms with Gasteiger partial charge in [-0.1, -0.05) is 12.1 Å². The van der Waals surface area contributed by atoms with Crippen molar-refractivity contribution in [3.8, 4) is 0 Å². The van der Waals surface area contributed by atoms with Gasteiger partial charge in [0.05, 0.1) is 25.6 Å². The molecule has 0 heterocycles.